The molecule has 1 unspecified atom stereocenters. The molecule has 0 radical (unpaired) electrons. The van der Waals surface area contributed by atoms with E-state index in [2.05, 4.69) is 13.0 Å². The maximum absolute atomic E-state index is 11.5. The number of aryl methyl sites for hydroxylation is 1. The largest absolute Gasteiger partial charge is 0.350 e. The van der Waals surface area contributed by atoms with Crippen LogP contribution in [-0.2, 0) is 19.7 Å². The van der Waals surface area contributed by atoms with Gasteiger partial charge in [0.1, 0.15) is 5.78 Å². The molecule has 2 rings (SSSR count). The van der Waals surface area contributed by atoms with Crippen LogP contribution >= 0.6 is 11.6 Å². The predicted octanol–water partition coefficient (Wildman–Crippen LogP) is 6.48. The summed E-state index contributed by atoms with van der Waals surface area (Å²) in [5, 5.41) is 0.770. The average molecular weight is 385 g/mol. The van der Waals surface area contributed by atoms with Gasteiger partial charge >= 0.3 is 0 Å². The normalized spacial score (nSPS) is 16.0. The zero-order valence-corrected chi connectivity index (χ0v) is 18.4. The Balaban J connectivity index is 0.00000146. The van der Waals surface area contributed by atoms with Gasteiger partial charge in [0.05, 0.1) is 13.2 Å². The van der Waals surface area contributed by atoms with Gasteiger partial charge in [0.15, 0.2) is 6.29 Å². The quantitative estimate of drug-likeness (QED) is 0.539. The van der Waals surface area contributed by atoms with Crippen LogP contribution in [0, 0.1) is 6.92 Å². The molecule has 1 atom stereocenters. The van der Waals surface area contributed by atoms with Crippen molar-refractivity contribution in [3.8, 4) is 0 Å². The second-order valence-electron chi connectivity index (χ2n) is 6.18. The van der Waals surface area contributed by atoms with E-state index in [1.165, 1.54) is 5.56 Å². The first kappa shape index (κ1) is 25.1. The van der Waals surface area contributed by atoms with E-state index >= 15 is 0 Å². The molecular formula is C22H37ClO3. The molecule has 1 saturated heterocycles. The zero-order chi connectivity index (χ0) is 20.2. The topological polar surface area (TPSA) is 35.5 Å². The molecule has 0 aromatic heterocycles. The fraction of sp³-hybridized carbons (Fsp3) is 0.682. The van der Waals surface area contributed by atoms with Crippen molar-refractivity contribution in [2.45, 2.75) is 85.9 Å². The Morgan fingerprint density at radius 1 is 1.19 bits per heavy atom. The molecule has 0 aliphatic carbocycles. The van der Waals surface area contributed by atoms with Gasteiger partial charge in [-0.05, 0) is 43.9 Å². The van der Waals surface area contributed by atoms with Crippen LogP contribution in [0.25, 0.3) is 0 Å². The highest BCUT2D eigenvalue weighted by molar-refractivity contribution is 6.31. The van der Waals surface area contributed by atoms with Crippen molar-refractivity contribution < 1.29 is 14.3 Å². The van der Waals surface area contributed by atoms with Crippen molar-refractivity contribution in [1.29, 1.82) is 0 Å². The zero-order valence-electron chi connectivity index (χ0n) is 17.7. The number of Topliss-reactive ketones (excluding diaryl/α,β-unsaturated/α-hetero) is 1. The Hall–Kier alpha value is -0.900. The number of carbonyl (C=O) groups excluding carboxylic acids is 1. The second kappa shape index (κ2) is 13.3. The molecule has 0 saturated carbocycles. The third kappa shape index (κ3) is 7.38. The SMILES string of the molecule is CC.CC.CCC(CCC(C)=O)(CC1OCCO1)c1ccc(C)c(Cl)c1. The lowest BCUT2D eigenvalue weighted by Crippen LogP contribution is -2.32. The first-order chi connectivity index (χ1) is 12.5. The molecule has 150 valence electrons. The molecule has 1 heterocycles. The van der Waals surface area contributed by atoms with Crippen LogP contribution in [0.1, 0.15) is 78.4 Å². The van der Waals surface area contributed by atoms with Crippen molar-refractivity contribution in [1.82, 2.24) is 0 Å². The lowest BCUT2D eigenvalue weighted by atomic mass is 9.71. The van der Waals surface area contributed by atoms with E-state index in [1.54, 1.807) is 6.92 Å². The highest BCUT2D eigenvalue weighted by atomic mass is 35.5. The molecule has 26 heavy (non-hydrogen) atoms. The lowest BCUT2D eigenvalue weighted by molar-refractivity contribution is -0.117. The average Bonchev–Trinajstić information content (AvgIpc) is 3.17. The lowest BCUT2D eigenvalue weighted by Gasteiger charge is -2.35. The first-order valence-corrected chi connectivity index (χ1v) is 10.3. The van der Waals surface area contributed by atoms with Crippen molar-refractivity contribution >= 4 is 17.4 Å². The summed E-state index contributed by atoms with van der Waals surface area (Å²) in [5.41, 5.74) is 2.10. The van der Waals surface area contributed by atoms with Crippen LogP contribution in [0.15, 0.2) is 18.2 Å². The minimum atomic E-state index is -0.188. The summed E-state index contributed by atoms with van der Waals surface area (Å²) in [4.78, 5) is 11.5. The molecule has 0 N–H and O–H groups in total. The van der Waals surface area contributed by atoms with Crippen LogP contribution in [0.2, 0.25) is 5.02 Å². The van der Waals surface area contributed by atoms with Crippen LogP contribution in [0.3, 0.4) is 0 Å². The van der Waals surface area contributed by atoms with Crippen LogP contribution in [0.5, 0.6) is 0 Å². The Morgan fingerprint density at radius 3 is 2.23 bits per heavy atom. The molecule has 0 bridgehead atoms. The van der Waals surface area contributed by atoms with E-state index in [9.17, 15) is 4.79 Å². The molecule has 0 amide bonds. The van der Waals surface area contributed by atoms with Gasteiger partial charge in [0, 0.05) is 23.3 Å². The van der Waals surface area contributed by atoms with E-state index in [4.69, 9.17) is 21.1 Å². The number of ketones is 1. The van der Waals surface area contributed by atoms with Gasteiger partial charge in [-0.25, -0.2) is 0 Å². The molecular weight excluding hydrogens is 348 g/mol. The van der Waals surface area contributed by atoms with Crippen molar-refractivity contribution in [2.24, 2.45) is 0 Å². The van der Waals surface area contributed by atoms with Gasteiger partial charge in [-0.2, -0.15) is 0 Å². The first-order valence-electron chi connectivity index (χ1n) is 9.96. The number of rotatable bonds is 7. The maximum Gasteiger partial charge on any atom is 0.158 e. The van der Waals surface area contributed by atoms with Crippen molar-refractivity contribution in [3.63, 3.8) is 0 Å². The number of benzene rings is 1. The summed E-state index contributed by atoms with van der Waals surface area (Å²) in [6.07, 6.45) is 2.85. The number of carbonyl (C=O) groups is 1. The molecule has 0 spiro atoms. The predicted molar refractivity (Wildman–Crippen MR) is 111 cm³/mol. The van der Waals surface area contributed by atoms with Crippen LogP contribution < -0.4 is 0 Å². The Kier molecular flexibility index (Phi) is 12.8. The number of ether oxygens (including phenoxy) is 2. The van der Waals surface area contributed by atoms with Crippen molar-refractivity contribution in [3.05, 3.63) is 34.3 Å². The Labute approximate surface area is 165 Å². The summed E-state index contributed by atoms with van der Waals surface area (Å²) >= 11 is 6.33. The van der Waals surface area contributed by atoms with E-state index in [0.29, 0.717) is 19.6 Å². The third-order valence-corrected chi connectivity index (χ3v) is 5.07. The highest BCUT2D eigenvalue weighted by Crippen LogP contribution is 2.40. The fourth-order valence-corrected chi connectivity index (χ4v) is 3.25. The van der Waals surface area contributed by atoms with E-state index in [1.807, 2.05) is 46.8 Å². The summed E-state index contributed by atoms with van der Waals surface area (Å²) < 4.78 is 11.3. The molecule has 1 aromatic carbocycles. The minimum Gasteiger partial charge on any atom is -0.350 e. The van der Waals surface area contributed by atoms with Gasteiger partial charge < -0.3 is 14.3 Å². The standard InChI is InChI=1S/C18H25ClO3.2C2H6/c1-4-18(8-7-14(3)20,12-17-21-9-10-22-17)15-6-5-13(2)16(19)11-15;2*1-2/h5-6,11,17H,4,7-10,12H2,1-3H3;2*1-2H3. The molecule has 1 aromatic rings. The van der Waals surface area contributed by atoms with Crippen LogP contribution in [-0.4, -0.2) is 25.3 Å². The molecule has 4 heteroatoms. The van der Waals surface area contributed by atoms with Crippen LogP contribution in [0.4, 0.5) is 0 Å². The van der Waals surface area contributed by atoms with Gasteiger partial charge in [-0.3, -0.25) is 0 Å². The number of hydrogen-bond acceptors (Lipinski definition) is 3. The Morgan fingerprint density at radius 2 is 1.77 bits per heavy atom. The number of halogens is 1. The third-order valence-electron chi connectivity index (χ3n) is 4.66. The highest BCUT2D eigenvalue weighted by Gasteiger charge is 2.35. The van der Waals surface area contributed by atoms with Crippen molar-refractivity contribution in [2.75, 3.05) is 13.2 Å². The van der Waals surface area contributed by atoms with Gasteiger partial charge in [-0.15, -0.1) is 0 Å². The Bertz CT molecular complexity index is 524. The summed E-state index contributed by atoms with van der Waals surface area (Å²) in [5.74, 6) is 0.212. The summed E-state index contributed by atoms with van der Waals surface area (Å²) in [6.45, 7) is 15.1. The smallest absolute Gasteiger partial charge is 0.158 e. The fourth-order valence-electron chi connectivity index (χ4n) is 3.07. The van der Waals surface area contributed by atoms with E-state index in [0.717, 1.165) is 29.8 Å². The van der Waals surface area contributed by atoms with Gasteiger partial charge in [-0.1, -0.05) is 58.4 Å². The molecule has 1 aliphatic heterocycles. The van der Waals surface area contributed by atoms with Gasteiger partial charge in [0.25, 0.3) is 0 Å². The molecule has 1 fully saturated rings. The molecule has 3 nitrogen and oxygen atoms in total. The molecule has 1 aliphatic rings. The van der Waals surface area contributed by atoms with Gasteiger partial charge in [0.2, 0.25) is 0 Å². The van der Waals surface area contributed by atoms with E-state index < -0.39 is 0 Å². The summed E-state index contributed by atoms with van der Waals surface area (Å²) in [7, 11) is 0. The van der Waals surface area contributed by atoms with E-state index in [-0.39, 0.29) is 17.5 Å². The second-order valence-corrected chi connectivity index (χ2v) is 6.58. The number of hydrogen-bond donors (Lipinski definition) is 0. The minimum absolute atomic E-state index is 0.141. The summed E-state index contributed by atoms with van der Waals surface area (Å²) in [6, 6.07) is 6.21. The maximum atomic E-state index is 11.5. The monoisotopic (exact) mass is 384 g/mol.